The van der Waals surface area contributed by atoms with Crippen LogP contribution >= 0.6 is 11.3 Å². The van der Waals surface area contributed by atoms with Crippen LogP contribution in [0.3, 0.4) is 0 Å². The van der Waals surface area contributed by atoms with Gasteiger partial charge in [0.2, 0.25) is 5.13 Å². The van der Waals surface area contributed by atoms with Crippen LogP contribution in [-0.4, -0.2) is 27.8 Å². The lowest BCUT2D eigenvalue weighted by Crippen LogP contribution is -2.13. The van der Waals surface area contributed by atoms with Crippen molar-refractivity contribution in [3.63, 3.8) is 0 Å². The van der Waals surface area contributed by atoms with Crippen molar-refractivity contribution >= 4 is 17.3 Å². The zero-order chi connectivity index (χ0) is 14.2. The maximum Gasteiger partial charge on any atom is 0.433 e. The highest BCUT2D eigenvalue weighted by Crippen LogP contribution is 2.32. The summed E-state index contributed by atoms with van der Waals surface area (Å²) in [5, 5.41) is 5.02. The minimum Gasteiger partial charge on any atom is -0.464 e. The van der Waals surface area contributed by atoms with E-state index >= 15 is 0 Å². The number of halogens is 3. The van der Waals surface area contributed by atoms with Gasteiger partial charge in [-0.3, -0.25) is 0 Å². The Morgan fingerprint density at radius 2 is 2.16 bits per heavy atom. The van der Waals surface area contributed by atoms with E-state index in [-0.39, 0.29) is 16.5 Å². The van der Waals surface area contributed by atoms with Crippen LogP contribution in [0.5, 0.6) is 0 Å². The molecule has 2 aromatic rings. The number of hydrogen-bond acceptors (Lipinski definition) is 5. The first-order chi connectivity index (χ1) is 8.82. The Kier molecular flexibility index (Phi) is 3.31. The van der Waals surface area contributed by atoms with Crippen molar-refractivity contribution in [2.75, 3.05) is 7.11 Å². The van der Waals surface area contributed by atoms with E-state index in [1.165, 1.54) is 19.4 Å². The number of nitrogens with zero attached hydrogens (tertiary/aromatic N) is 3. The second-order valence-corrected chi connectivity index (χ2v) is 4.42. The molecule has 19 heavy (non-hydrogen) atoms. The highest BCUT2D eigenvalue weighted by atomic mass is 32.1. The van der Waals surface area contributed by atoms with Gasteiger partial charge in [-0.05, 0) is 13.0 Å². The van der Waals surface area contributed by atoms with Crippen molar-refractivity contribution < 1.29 is 22.7 Å². The summed E-state index contributed by atoms with van der Waals surface area (Å²) in [5.41, 5.74) is -0.776. The summed E-state index contributed by atoms with van der Waals surface area (Å²) >= 11 is 0.878. The summed E-state index contributed by atoms with van der Waals surface area (Å²) in [6.45, 7) is 1.45. The Balaban J connectivity index is 2.48. The number of thiazole rings is 1. The van der Waals surface area contributed by atoms with Gasteiger partial charge in [-0.2, -0.15) is 18.3 Å². The zero-order valence-corrected chi connectivity index (χ0v) is 10.7. The topological polar surface area (TPSA) is 57.0 Å². The summed E-state index contributed by atoms with van der Waals surface area (Å²) in [6, 6.07) is 0.916. The molecule has 0 saturated heterocycles. The van der Waals surface area contributed by atoms with E-state index in [1.807, 2.05) is 0 Å². The molecule has 0 amide bonds. The number of aryl methyl sites for hydroxylation is 1. The number of methoxy groups -OCH3 is 1. The number of hydrogen-bond donors (Lipinski definition) is 0. The lowest BCUT2D eigenvalue weighted by Gasteiger charge is -2.06. The van der Waals surface area contributed by atoms with Crippen molar-refractivity contribution in [3.8, 4) is 5.13 Å². The highest BCUT2D eigenvalue weighted by molar-refractivity contribution is 7.12. The monoisotopic (exact) mass is 291 g/mol. The molecule has 0 N–H and O–H groups in total. The molecule has 0 bridgehead atoms. The van der Waals surface area contributed by atoms with E-state index < -0.39 is 17.8 Å². The molecule has 9 heteroatoms. The zero-order valence-electron chi connectivity index (χ0n) is 9.85. The molecule has 0 atom stereocenters. The molecule has 0 aliphatic carbocycles. The standard InChI is InChI=1S/C10H8F3N3O2S/c1-5-3-7(10(11,12)13)16(15-5)9-14-6(4-19-9)8(17)18-2/h3-4H,1-2H3. The molecule has 0 aliphatic heterocycles. The van der Waals surface area contributed by atoms with Crippen LogP contribution in [0, 0.1) is 6.92 Å². The molecule has 0 spiro atoms. The van der Waals surface area contributed by atoms with Crippen molar-refractivity contribution in [1.82, 2.24) is 14.8 Å². The second-order valence-electron chi connectivity index (χ2n) is 3.59. The first-order valence-electron chi connectivity index (χ1n) is 5.01. The van der Waals surface area contributed by atoms with E-state index in [1.54, 1.807) is 0 Å². The van der Waals surface area contributed by atoms with Gasteiger partial charge in [-0.1, -0.05) is 0 Å². The van der Waals surface area contributed by atoms with Gasteiger partial charge in [0.15, 0.2) is 11.4 Å². The minimum atomic E-state index is -4.54. The molecule has 102 valence electrons. The molecule has 0 fully saturated rings. The fraction of sp³-hybridized carbons (Fsp3) is 0.300. The van der Waals surface area contributed by atoms with Gasteiger partial charge in [0.1, 0.15) is 0 Å². The predicted octanol–water partition coefficient (Wildman–Crippen LogP) is 2.44. The van der Waals surface area contributed by atoms with Crippen LogP contribution in [0.2, 0.25) is 0 Å². The van der Waals surface area contributed by atoms with Gasteiger partial charge < -0.3 is 4.74 Å². The summed E-state index contributed by atoms with van der Waals surface area (Å²) in [5.74, 6) is -0.708. The molecule has 5 nitrogen and oxygen atoms in total. The Hall–Kier alpha value is -1.90. The van der Waals surface area contributed by atoms with Crippen LogP contribution in [0.1, 0.15) is 21.9 Å². The molecule has 0 unspecified atom stereocenters. The maximum absolute atomic E-state index is 12.8. The summed E-state index contributed by atoms with van der Waals surface area (Å²) in [6.07, 6.45) is -4.54. The Morgan fingerprint density at radius 1 is 1.47 bits per heavy atom. The van der Waals surface area contributed by atoms with Crippen molar-refractivity contribution in [3.05, 3.63) is 28.5 Å². The Morgan fingerprint density at radius 3 is 2.74 bits per heavy atom. The molecule has 0 aliphatic rings. The van der Waals surface area contributed by atoms with Gasteiger partial charge >= 0.3 is 12.1 Å². The molecule has 0 radical (unpaired) electrons. The van der Waals surface area contributed by atoms with E-state index in [9.17, 15) is 18.0 Å². The summed E-state index contributed by atoms with van der Waals surface area (Å²) < 4.78 is 43.5. The fourth-order valence-electron chi connectivity index (χ4n) is 1.41. The lowest BCUT2D eigenvalue weighted by molar-refractivity contribution is -0.142. The van der Waals surface area contributed by atoms with Crippen LogP contribution in [0.15, 0.2) is 11.4 Å². The molecular weight excluding hydrogens is 283 g/mol. The van der Waals surface area contributed by atoms with E-state index in [2.05, 4.69) is 14.8 Å². The number of carbonyl (C=O) groups is 1. The van der Waals surface area contributed by atoms with E-state index in [0.29, 0.717) is 4.68 Å². The second kappa shape index (κ2) is 4.65. The molecule has 2 heterocycles. The Labute approximate surface area is 109 Å². The average molecular weight is 291 g/mol. The van der Waals surface area contributed by atoms with Gasteiger partial charge in [-0.15, -0.1) is 11.3 Å². The quantitative estimate of drug-likeness (QED) is 0.797. The van der Waals surface area contributed by atoms with Gasteiger partial charge in [0.25, 0.3) is 0 Å². The smallest absolute Gasteiger partial charge is 0.433 e. The van der Waals surface area contributed by atoms with Crippen molar-refractivity contribution in [1.29, 1.82) is 0 Å². The molecule has 0 saturated carbocycles. The average Bonchev–Trinajstić information content (AvgIpc) is 2.92. The largest absolute Gasteiger partial charge is 0.464 e. The first-order valence-corrected chi connectivity index (χ1v) is 5.89. The summed E-state index contributed by atoms with van der Waals surface area (Å²) in [7, 11) is 1.17. The third-order valence-electron chi connectivity index (χ3n) is 2.19. The lowest BCUT2D eigenvalue weighted by atomic mass is 10.3. The normalized spacial score (nSPS) is 11.6. The number of ether oxygens (including phenoxy) is 1. The van der Waals surface area contributed by atoms with Crippen LogP contribution in [-0.2, 0) is 10.9 Å². The number of rotatable bonds is 2. The molecule has 2 aromatic heterocycles. The number of aromatic nitrogens is 3. The summed E-state index contributed by atoms with van der Waals surface area (Å²) in [4.78, 5) is 15.0. The SMILES string of the molecule is COC(=O)c1csc(-n2nc(C)cc2C(F)(F)F)n1. The highest BCUT2D eigenvalue weighted by Gasteiger charge is 2.36. The minimum absolute atomic E-state index is 0.0409. The van der Waals surface area contributed by atoms with E-state index in [0.717, 1.165) is 17.4 Å². The van der Waals surface area contributed by atoms with Crippen molar-refractivity contribution in [2.45, 2.75) is 13.1 Å². The third-order valence-corrected chi connectivity index (χ3v) is 3.01. The third kappa shape index (κ3) is 2.60. The number of esters is 1. The van der Waals surface area contributed by atoms with Crippen molar-refractivity contribution in [2.24, 2.45) is 0 Å². The fourth-order valence-corrected chi connectivity index (χ4v) is 2.16. The predicted molar refractivity (Wildman–Crippen MR) is 60.3 cm³/mol. The Bertz CT molecular complexity index is 618. The molecule has 2 rings (SSSR count). The maximum atomic E-state index is 12.8. The van der Waals surface area contributed by atoms with Crippen LogP contribution < -0.4 is 0 Å². The van der Waals surface area contributed by atoms with Crippen LogP contribution in [0.4, 0.5) is 13.2 Å². The number of carbonyl (C=O) groups excluding carboxylic acids is 1. The van der Waals surface area contributed by atoms with Crippen LogP contribution in [0.25, 0.3) is 5.13 Å². The van der Waals surface area contributed by atoms with Gasteiger partial charge in [-0.25, -0.2) is 14.5 Å². The first kappa shape index (κ1) is 13.5. The molecular formula is C10H8F3N3O2S. The number of alkyl halides is 3. The molecule has 0 aromatic carbocycles. The van der Waals surface area contributed by atoms with E-state index in [4.69, 9.17) is 0 Å². The van der Waals surface area contributed by atoms with Gasteiger partial charge in [0.05, 0.1) is 12.8 Å². The van der Waals surface area contributed by atoms with Gasteiger partial charge in [0, 0.05) is 5.38 Å².